The van der Waals surface area contributed by atoms with Gasteiger partial charge in [0, 0.05) is 44.5 Å². The molecule has 1 aliphatic rings. The Hall–Kier alpha value is -2.73. The molecule has 26 heavy (non-hydrogen) atoms. The fourth-order valence-corrected chi connectivity index (χ4v) is 2.94. The Balaban J connectivity index is 1.57. The molecule has 6 heteroatoms. The Morgan fingerprint density at radius 1 is 1.08 bits per heavy atom. The van der Waals surface area contributed by atoms with Gasteiger partial charge in [0.15, 0.2) is 0 Å². The van der Waals surface area contributed by atoms with Crippen molar-refractivity contribution < 1.29 is 9.59 Å². The smallest absolute Gasteiger partial charge is 0.269 e. The van der Waals surface area contributed by atoms with E-state index in [2.05, 4.69) is 15.2 Å². The summed E-state index contributed by atoms with van der Waals surface area (Å²) in [7, 11) is 2.05. The zero-order valence-corrected chi connectivity index (χ0v) is 15.0. The van der Waals surface area contributed by atoms with Crippen molar-refractivity contribution in [2.75, 3.05) is 39.8 Å². The topological polar surface area (TPSA) is 65.5 Å². The van der Waals surface area contributed by atoms with Crippen LogP contribution in [0, 0.1) is 0 Å². The molecule has 0 aliphatic carbocycles. The highest BCUT2D eigenvalue weighted by molar-refractivity contribution is 5.98. The summed E-state index contributed by atoms with van der Waals surface area (Å²) in [4.78, 5) is 33.1. The van der Waals surface area contributed by atoms with E-state index in [9.17, 15) is 9.59 Å². The number of hydrogen-bond donors (Lipinski definition) is 1. The van der Waals surface area contributed by atoms with Crippen LogP contribution in [0.3, 0.4) is 0 Å². The molecule has 1 aromatic heterocycles. The highest BCUT2D eigenvalue weighted by Gasteiger charge is 2.21. The van der Waals surface area contributed by atoms with Gasteiger partial charge in [-0.1, -0.05) is 30.3 Å². The molecule has 0 unspecified atom stereocenters. The fraction of sp³-hybridized carbons (Fsp3) is 0.350. The van der Waals surface area contributed by atoms with Crippen LogP contribution in [-0.4, -0.2) is 66.4 Å². The van der Waals surface area contributed by atoms with E-state index < -0.39 is 0 Å². The third-order valence-corrected chi connectivity index (χ3v) is 4.57. The molecule has 3 rings (SSSR count). The van der Waals surface area contributed by atoms with E-state index in [0.717, 1.165) is 19.5 Å². The first-order chi connectivity index (χ1) is 12.6. The van der Waals surface area contributed by atoms with Crippen LogP contribution in [0.1, 0.15) is 26.4 Å². The van der Waals surface area contributed by atoms with E-state index in [0.29, 0.717) is 25.2 Å². The number of amides is 2. The first kappa shape index (κ1) is 18.1. The molecule has 0 radical (unpaired) electrons. The third-order valence-electron chi connectivity index (χ3n) is 4.57. The maximum absolute atomic E-state index is 12.6. The van der Waals surface area contributed by atoms with Crippen molar-refractivity contribution in [1.82, 2.24) is 20.1 Å². The average Bonchev–Trinajstić information content (AvgIpc) is 2.69. The SMILES string of the molecule is CN1CCN(C(=O)c2ccnc(C(=O)NCCc3ccccc3)c2)CC1. The molecule has 0 bridgehead atoms. The van der Waals surface area contributed by atoms with Crippen LogP contribution in [0.15, 0.2) is 48.7 Å². The van der Waals surface area contributed by atoms with Gasteiger partial charge in [-0.15, -0.1) is 0 Å². The van der Waals surface area contributed by atoms with Crippen molar-refractivity contribution in [2.45, 2.75) is 6.42 Å². The second-order valence-corrected chi connectivity index (χ2v) is 6.52. The summed E-state index contributed by atoms with van der Waals surface area (Å²) < 4.78 is 0. The van der Waals surface area contributed by atoms with E-state index in [-0.39, 0.29) is 17.5 Å². The third kappa shape index (κ3) is 4.67. The largest absolute Gasteiger partial charge is 0.350 e. The number of carbonyl (C=O) groups excluding carboxylic acids is 2. The van der Waals surface area contributed by atoms with Gasteiger partial charge in [-0.25, -0.2) is 0 Å². The van der Waals surface area contributed by atoms with Gasteiger partial charge in [-0.2, -0.15) is 0 Å². The number of piperazine rings is 1. The first-order valence-corrected chi connectivity index (χ1v) is 8.89. The maximum atomic E-state index is 12.6. The summed E-state index contributed by atoms with van der Waals surface area (Å²) in [6.07, 6.45) is 2.28. The Morgan fingerprint density at radius 3 is 2.54 bits per heavy atom. The van der Waals surface area contributed by atoms with Crippen LogP contribution in [0.25, 0.3) is 0 Å². The van der Waals surface area contributed by atoms with Crippen LogP contribution < -0.4 is 5.32 Å². The number of rotatable bonds is 5. The zero-order valence-electron chi connectivity index (χ0n) is 15.0. The van der Waals surface area contributed by atoms with E-state index in [4.69, 9.17) is 0 Å². The number of aromatic nitrogens is 1. The van der Waals surface area contributed by atoms with Crippen molar-refractivity contribution in [3.8, 4) is 0 Å². The molecule has 2 amide bonds. The summed E-state index contributed by atoms with van der Waals surface area (Å²) >= 11 is 0. The van der Waals surface area contributed by atoms with Gasteiger partial charge in [0.05, 0.1) is 0 Å². The summed E-state index contributed by atoms with van der Waals surface area (Å²) in [6.45, 7) is 3.67. The van der Waals surface area contributed by atoms with Gasteiger partial charge in [-0.3, -0.25) is 14.6 Å². The summed E-state index contributed by atoms with van der Waals surface area (Å²) in [6, 6.07) is 13.2. The molecular formula is C20H24N4O2. The van der Waals surface area contributed by atoms with Crippen LogP contribution in [0.5, 0.6) is 0 Å². The molecule has 136 valence electrons. The van der Waals surface area contributed by atoms with Crippen LogP contribution in [0.2, 0.25) is 0 Å². The molecule has 2 aromatic rings. The lowest BCUT2D eigenvalue weighted by molar-refractivity contribution is 0.0664. The second-order valence-electron chi connectivity index (χ2n) is 6.52. The summed E-state index contributed by atoms with van der Waals surface area (Å²) in [5.41, 5.74) is 1.95. The van der Waals surface area contributed by atoms with E-state index in [1.807, 2.05) is 42.3 Å². The fourth-order valence-electron chi connectivity index (χ4n) is 2.94. The van der Waals surface area contributed by atoms with Crippen LogP contribution in [-0.2, 0) is 6.42 Å². The van der Waals surface area contributed by atoms with Crippen LogP contribution in [0.4, 0.5) is 0 Å². The summed E-state index contributed by atoms with van der Waals surface area (Å²) in [5, 5.41) is 2.87. The quantitative estimate of drug-likeness (QED) is 0.884. The molecule has 1 N–H and O–H groups in total. The van der Waals surface area contributed by atoms with Crippen molar-refractivity contribution in [3.05, 3.63) is 65.5 Å². The molecule has 2 heterocycles. The molecular weight excluding hydrogens is 328 g/mol. The van der Waals surface area contributed by atoms with Gasteiger partial charge in [-0.05, 0) is 31.2 Å². The average molecular weight is 352 g/mol. The number of likely N-dealkylation sites (N-methyl/N-ethyl adjacent to an activating group) is 1. The Labute approximate surface area is 153 Å². The van der Waals surface area contributed by atoms with Crippen molar-refractivity contribution in [3.63, 3.8) is 0 Å². The second kappa shape index (κ2) is 8.58. The number of hydrogen-bond acceptors (Lipinski definition) is 4. The van der Waals surface area contributed by atoms with E-state index >= 15 is 0 Å². The highest BCUT2D eigenvalue weighted by Crippen LogP contribution is 2.09. The Bertz CT molecular complexity index is 755. The van der Waals surface area contributed by atoms with Gasteiger partial charge in [0.2, 0.25) is 0 Å². The zero-order chi connectivity index (χ0) is 18.4. The van der Waals surface area contributed by atoms with Crippen LogP contribution >= 0.6 is 0 Å². The Kier molecular flexibility index (Phi) is 5.96. The maximum Gasteiger partial charge on any atom is 0.269 e. The first-order valence-electron chi connectivity index (χ1n) is 8.89. The standard InChI is InChI=1S/C20H24N4O2/c1-23-11-13-24(14-12-23)20(26)17-8-10-21-18(15-17)19(25)22-9-7-16-5-3-2-4-6-16/h2-6,8,10,15H,7,9,11-14H2,1H3,(H,22,25). The number of nitrogens with one attached hydrogen (secondary N) is 1. The minimum atomic E-state index is -0.256. The normalized spacial score (nSPS) is 14.9. The molecule has 0 atom stereocenters. The van der Waals surface area contributed by atoms with E-state index in [1.54, 1.807) is 12.1 Å². The molecule has 0 saturated carbocycles. The van der Waals surface area contributed by atoms with Gasteiger partial charge in [0.1, 0.15) is 5.69 Å². The lowest BCUT2D eigenvalue weighted by atomic mass is 10.1. The lowest BCUT2D eigenvalue weighted by Crippen LogP contribution is -2.47. The van der Waals surface area contributed by atoms with E-state index in [1.165, 1.54) is 11.8 Å². The number of carbonyl (C=O) groups is 2. The number of nitrogens with zero attached hydrogens (tertiary/aromatic N) is 3. The van der Waals surface area contributed by atoms with Gasteiger partial charge < -0.3 is 15.1 Å². The molecule has 1 aromatic carbocycles. The minimum absolute atomic E-state index is 0.0427. The number of benzene rings is 1. The number of pyridine rings is 1. The molecule has 1 aliphatic heterocycles. The van der Waals surface area contributed by atoms with Gasteiger partial charge >= 0.3 is 0 Å². The predicted octanol–water partition coefficient (Wildman–Crippen LogP) is 1.44. The van der Waals surface area contributed by atoms with Crippen molar-refractivity contribution in [2.24, 2.45) is 0 Å². The molecule has 0 spiro atoms. The molecule has 1 saturated heterocycles. The predicted molar refractivity (Wildman–Crippen MR) is 100 cm³/mol. The minimum Gasteiger partial charge on any atom is -0.350 e. The highest BCUT2D eigenvalue weighted by atomic mass is 16.2. The molecule has 1 fully saturated rings. The Morgan fingerprint density at radius 2 is 1.81 bits per heavy atom. The van der Waals surface area contributed by atoms with Crippen molar-refractivity contribution >= 4 is 11.8 Å². The van der Waals surface area contributed by atoms with Crippen molar-refractivity contribution in [1.29, 1.82) is 0 Å². The summed E-state index contributed by atoms with van der Waals surface area (Å²) in [5.74, 6) is -0.298. The lowest BCUT2D eigenvalue weighted by Gasteiger charge is -2.32. The van der Waals surface area contributed by atoms with Gasteiger partial charge in [0.25, 0.3) is 11.8 Å². The molecule has 6 nitrogen and oxygen atoms in total. The monoisotopic (exact) mass is 352 g/mol.